The first-order valence-electron chi connectivity index (χ1n) is 25.2. The standard InChI is InChI=1S/C54H55F4N9O7/c55-34-1-3-35(4-2-34)61-51(71)53(16-17-53)52(72)62-36-5-8-40(9-6-36)74-46-13-18-60-43-26-45(47(25-42(43)46)73-31-54(56,57)58)65-20-14-32(15-21-65)27-64-29-38-24-39(30-64)66(38)22-19-59-37-7-10-41-33(23-37)28-67(50(41)70)44-11-12-48(68)63-49(44)69/h1-10,13,18,23,25-26,32,38-39,44,59H,11-12,14-17,19-22,24,27-31H2,(H,61,71)(H,62,72)(H,63,68,69). The number of anilines is 4. The Balaban J connectivity index is 0.667. The number of hydrogen-bond donors (Lipinski definition) is 4. The van der Waals surface area contributed by atoms with Crippen LogP contribution in [0.2, 0.25) is 0 Å². The lowest BCUT2D eigenvalue weighted by Crippen LogP contribution is -2.69. The summed E-state index contributed by atoms with van der Waals surface area (Å²) in [5.74, 6) is -1.07. The molecule has 0 radical (unpaired) electrons. The molecule has 3 unspecified atom stereocenters. The molecule has 5 aromatic rings. The highest BCUT2D eigenvalue weighted by Gasteiger charge is 2.56. The third-order valence-electron chi connectivity index (χ3n) is 15.3. The number of fused-ring (bicyclic) bond motifs is 4. The van der Waals surface area contributed by atoms with Crippen molar-refractivity contribution in [2.75, 3.05) is 73.3 Å². The second kappa shape index (κ2) is 19.8. The van der Waals surface area contributed by atoms with Crippen molar-refractivity contribution in [2.24, 2.45) is 11.3 Å². The molecule has 2 bridgehead atoms. The molecule has 7 aliphatic rings. The molecule has 20 heteroatoms. The summed E-state index contributed by atoms with van der Waals surface area (Å²) in [5.41, 5.74) is 2.99. The molecule has 5 saturated heterocycles. The molecule has 1 saturated carbocycles. The van der Waals surface area contributed by atoms with Crippen molar-refractivity contribution in [3.8, 4) is 17.2 Å². The molecule has 12 rings (SSSR count). The van der Waals surface area contributed by atoms with Crippen molar-refractivity contribution in [3.63, 3.8) is 0 Å². The zero-order chi connectivity index (χ0) is 51.3. The first kappa shape index (κ1) is 48.9. The molecule has 1 aliphatic carbocycles. The molecule has 0 spiro atoms. The molecule has 6 aliphatic heterocycles. The topological polar surface area (TPSA) is 178 Å². The van der Waals surface area contributed by atoms with Gasteiger partial charge in [0.2, 0.25) is 23.6 Å². The maximum atomic E-state index is 13.6. The van der Waals surface area contributed by atoms with E-state index in [-0.39, 0.29) is 24.0 Å². The molecule has 7 heterocycles. The Kier molecular flexibility index (Phi) is 13.1. The third kappa shape index (κ3) is 10.3. The van der Waals surface area contributed by atoms with Crippen molar-refractivity contribution >= 4 is 63.2 Å². The Bertz CT molecular complexity index is 2990. The Labute approximate surface area is 423 Å². The van der Waals surface area contributed by atoms with E-state index in [1.807, 2.05) is 18.2 Å². The third-order valence-corrected chi connectivity index (χ3v) is 15.3. The molecule has 74 heavy (non-hydrogen) atoms. The molecule has 6 fully saturated rings. The summed E-state index contributed by atoms with van der Waals surface area (Å²) in [6, 6.07) is 22.7. The van der Waals surface area contributed by atoms with Gasteiger partial charge >= 0.3 is 6.18 Å². The van der Waals surface area contributed by atoms with E-state index in [9.17, 15) is 41.5 Å². The van der Waals surface area contributed by atoms with Gasteiger partial charge in [-0.15, -0.1) is 0 Å². The number of piperazine rings is 1. The summed E-state index contributed by atoms with van der Waals surface area (Å²) < 4.78 is 66.0. The summed E-state index contributed by atoms with van der Waals surface area (Å²) in [7, 11) is 0. The molecular weight excluding hydrogens is 963 g/mol. The van der Waals surface area contributed by atoms with Crippen molar-refractivity contribution in [2.45, 2.75) is 75.8 Å². The lowest BCUT2D eigenvalue weighted by Gasteiger charge is -2.57. The van der Waals surface area contributed by atoms with Crippen LogP contribution in [-0.4, -0.2) is 126 Å². The maximum absolute atomic E-state index is 13.6. The highest BCUT2D eigenvalue weighted by atomic mass is 19.4. The smallest absolute Gasteiger partial charge is 0.422 e. The molecule has 1 aromatic heterocycles. The van der Waals surface area contributed by atoms with Crippen molar-refractivity contribution in [1.29, 1.82) is 0 Å². The fourth-order valence-electron chi connectivity index (χ4n) is 11.2. The number of pyridine rings is 1. The van der Waals surface area contributed by atoms with Crippen LogP contribution in [0.25, 0.3) is 10.9 Å². The molecule has 386 valence electrons. The van der Waals surface area contributed by atoms with E-state index >= 15 is 0 Å². The Morgan fingerprint density at radius 2 is 1.51 bits per heavy atom. The van der Waals surface area contributed by atoms with Crippen molar-refractivity contribution in [1.82, 2.24) is 25.0 Å². The molecule has 5 amide bonds. The number of benzene rings is 4. The highest BCUT2D eigenvalue weighted by molar-refractivity contribution is 6.17. The summed E-state index contributed by atoms with van der Waals surface area (Å²) in [6.07, 6.45) is 1.17. The Morgan fingerprint density at radius 3 is 2.19 bits per heavy atom. The van der Waals surface area contributed by atoms with E-state index in [2.05, 4.69) is 41.0 Å². The van der Waals surface area contributed by atoms with E-state index in [0.29, 0.717) is 102 Å². The number of nitrogens with one attached hydrogen (secondary N) is 4. The van der Waals surface area contributed by atoms with Gasteiger partial charge in [-0.3, -0.25) is 44.1 Å². The van der Waals surface area contributed by atoms with Gasteiger partial charge < -0.3 is 35.2 Å². The number of nitrogens with zero attached hydrogens (tertiary/aromatic N) is 5. The van der Waals surface area contributed by atoms with Crippen LogP contribution in [0.4, 0.5) is 40.3 Å². The Hall–Kier alpha value is -7.32. The van der Waals surface area contributed by atoms with E-state index in [1.165, 1.54) is 24.3 Å². The van der Waals surface area contributed by atoms with E-state index in [4.69, 9.17) is 9.47 Å². The average molecular weight is 1020 g/mol. The lowest BCUT2D eigenvalue weighted by atomic mass is 9.86. The molecule has 16 nitrogen and oxygen atoms in total. The minimum absolute atomic E-state index is 0.0788. The van der Waals surface area contributed by atoms with Gasteiger partial charge in [0.1, 0.15) is 34.5 Å². The predicted molar refractivity (Wildman–Crippen MR) is 266 cm³/mol. The number of imide groups is 1. The average Bonchev–Trinajstić information content (AvgIpc) is 4.14. The number of hydrogen-bond acceptors (Lipinski definition) is 12. The van der Waals surface area contributed by atoms with Gasteiger partial charge in [-0.1, -0.05) is 0 Å². The van der Waals surface area contributed by atoms with Crippen LogP contribution in [0.1, 0.15) is 60.9 Å². The molecule has 3 atom stereocenters. The zero-order valence-corrected chi connectivity index (χ0v) is 40.4. The van der Waals surface area contributed by atoms with Crippen LogP contribution in [0, 0.1) is 17.2 Å². The van der Waals surface area contributed by atoms with Crippen LogP contribution < -0.4 is 35.6 Å². The minimum Gasteiger partial charge on any atom is -0.482 e. The second-order valence-electron chi connectivity index (χ2n) is 20.3. The number of amides is 5. The minimum atomic E-state index is -4.56. The summed E-state index contributed by atoms with van der Waals surface area (Å²) in [5, 5.41) is 11.8. The van der Waals surface area contributed by atoms with Crippen molar-refractivity contribution in [3.05, 3.63) is 108 Å². The summed E-state index contributed by atoms with van der Waals surface area (Å²) >= 11 is 0. The van der Waals surface area contributed by atoms with Crippen LogP contribution >= 0.6 is 0 Å². The highest BCUT2D eigenvalue weighted by Crippen LogP contribution is 2.48. The number of halogens is 4. The van der Waals surface area contributed by atoms with Crippen LogP contribution in [-0.2, 0) is 25.7 Å². The van der Waals surface area contributed by atoms with Crippen LogP contribution in [0.15, 0.2) is 91.1 Å². The number of alkyl halides is 3. The zero-order valence-electron chi connectivity index (χ0n) is 40.4. The number of carbonyl (C=O) groups is 5. The van der Waals surface area contributed by atoms with E-state index in [1.54, 1.807) is 53.6 Å². The summed E-state index contributed by atoms with van der Waals surface area (Å²) in [4.78, 5) is 76.8. The first-order chi connectivity index (χ1) is 35.6. The normalized spacial score (nSPS) is 21.7. The van der Waals surface area contributed by atoms with Gasteiger partial charge in [-0.05, 0) is 135 Å². The lowest BCUT2D eigenvalue weighted by molar-refractivity contribution is -0.153. The van der Waals surface area contributed by atoms with E-state index in [0.717, 1.165) is 63.2 Å². The fraction of sp³-hybridized carbons (Fsp3) is 0.407. The molecule has 4 aromatic carbocycles. The van der Waals surface area contributed by atoms with Crippen LogP contribution in [0.5, 0.6) is 17.2 Å². The molecule has 4 N–H and O–H groups in total. The first-order valence-corrected chi connectivity index (χ1v) is 25.2. The largest absolute Gasteiger partial charge is 0.482 e. The van der Waals surface area contributed by atoms with Gasteiger partial charge in [0, 0.05) is 105 Å². The predicted octanol–water partition coefficient (Wildman–Crippen LogP) is 7.31. The van der Waals surface area contributed by atoms with Gasteiger partial charge in [-0.25, -0.2) is 4.39 Å². The van der Waals surface area contributed by atoms with Gasteiger partial charge in [-0.2, -0.15) is 13.2 Å². The summed E-state index contributed by atoms with van der Waals surface area (Å²) in [6.45, 7) is 4.69. The Morgan fingerprint density at radius 1 is 0.824 bits per heavy atom. The van der Waals surface area contributed by atoms with Gasteiger partial charge in [0.05, 0.1) is 11.2 Å². The molecular formula is C54H55F4N9O7. The van der Waals surface area contributed by atoms with E-state index < -0.39 is 47.8 Å². The number of piperidine rings is 3. The monoisotopic (exact) mass is 1020 g/mol. The number of carbonyl (C=O) groups excluding carboxylic acids is 5. The second-order valence-corrected chi connectivity index (χ2v) is 20.3. The maximum Gasteiger partial charge on any atom is 0.422 e. The fourth-order valence-corrected chi connectivity index (χ4v) is 11.2. The SMILES string of the molecule is O=C1CCC(N2Cc3cc(NCCN4C5CC4CN(CC4CCN(c6cc7nccc(Oc8ccc(NC(=O)C9(C(=O)Nc%10ccc(F)cc%10)CC9)cc8)c7cc6OCC(F)(F)F)CC4)C5)ccc3C2=O)C(=O)N1. The van der Waals surface area contributed by atoms with Crippen molar-refractivity contribution < 1.29 is 51.0 Å². The van der Waals surface area contributed by atoms with Gasteiger partial charge in [0.15, 0.2) is 6.61 Å². The number of ether oxygens (including phenoxy) is 2. The van der Waals surface area contributed by atoms with Crippen LogP contribution in [0.3, 0.4) is 0 Å². The number of rotatable bonds is 16. The quantitative estimate of drug-likeness (QED) is 0.0441. The van der Waals surface area contributed by atoms with Gasteiger partial charge in [0.25, 0.3) is 5.91 Å². The number of aromatic nitrogens is 1.